The molecule has 2 nitrogen and oxygen atoms in total. The van der Waals surface area contributed by atoms with Gasteiger partial charge in [0.05, 0.1) is 0 Å². The Morgan fingerprint density at radius 1 is 1.23 bits per heavy atom. The Morgan fingerprint density at radius 2 is 2.00 bits per heavy atom. The molecule has 0 bridgehead atoms. The van der Waals surface area contributed by atoms with Crippen LogP contribution in [0.3, 0.4) is 0 Å². The smallest absolute Gasteiger partial charge is 0.537 e. The molecule has 0 saturated carbocycles. The molecule has 2 rings (SSSR count). The average Bonchev–Trinajstić information content (AvgIpc) is 2.19. The highest BCUT2D eigenvalue weighted by atomic mass is 19.1. The first-order valence-corrected chi connectivity index (χ1v) is 3.91. The number of benzene rings is 1. The first kappa shape index (κ1) is 8.32. The molecular formula is C9H7BFO2. The highest BCUT2D eigenvalue weighted by molar-refractivity contribution is 6.20. The van der Waals surface area contributed by atoms with Crippen LogP contribution >= 0.6 is 0 Å². The van der Waals surface area contributed by atoms with E-state index in [0.717, 1.165) is 13.2 Å². The van der Waals surface area contributed by atoms with Gasteiger partial charge in [-0.3, -0.25) is 0 Å². The molecule has 13 heavy (non-hydrogen) atoms. The maximum absolute atomic E-state index is 12.7. The molecule has 0 amide bonds. The average molecular weight is 177 g/mol. The molecule has 1 aromatic rings. The van der Waals surface area contributed by atoms with Gasteiger partial charge in [-0.05, 0) is 0 Å². The van der Waals surface area contributed by atoms with E-state index in [1.54, 1.807) is 0 Å². The molecule has 1 aliphatic heterocycles. The second-order valence-corrected chi connectivity index (χ2v) is 2.60. The molecule has 1 unspecified atom stereocenters. The van der Waals surface area contributed by atoms with E-state index >= 15 is 0 Å². The highest BCUT2D eigenvalue weighted by Gasteiger charge is 2.16. The lowest BCUT2D eigenvalue weighted by atomic mass is 10.1. The number of halogens is 1. The summed E-state index contributed by atoms with van der Waals surface area (Å²) in [5, 5.41) is 0. The Balaban J connectivity index is 2.26. The van der Waals surface area contributed by atoms with Gasteiger partial charge in [-0.2, -0.15) is 0 Å². The van der Waals surface area contributed by atoms with Gasteiger partial charge in [0.25, 0.3) is 0 Å². The first-order chi connectivity index (χ1) is 6.36. The zero-order valence-corrected chi connectivity index (χ0v) is 6.81. The molecule has 4 heteroatoms. The van der Waals surface area contributed by atoms with Crippen LogP contribution in [0.1, 0.15) is 5.56 Å². The van der Waals surface area contributed by atoms with Gasteiger partial charge in [0.1, 0.15) is 5.76 Å². The van der Waals surface area contributed by atoms with Gasteiger partial charge in [0, 0.05) is 11.6 Å². The molecule has 1 atom stereocenters. The van der Waals surface area contributed by atoms with Crippen molar-refractivity contribution in [3.8, 4) is 0 Å². The van der Waals surface area contributed by atoms with E-state index in [9.17, 15) is 4.39 Å². The summed E-state index contributed by atoms with van der Waals surface area (Å²) < 4.78 is 22.2. The summed E-state index contributed by atoms with van der Waals surface area (Å²) in [6.07, 6.45) is -0.126. The third-order valence-electron chi connectivity index (χ3n) is 1.70. The molecule has 0 spiro atoms. The zero-order chi connectivity index (χ0) is 9.10. The predicted molar refractivity (Wildman–Crippen MR) is 47.2 cm³/mol. The molecule has 0 aliphatic carbocycles. The topological polar surface area (TPSA) is 18.5 Å². The van der Waals surface area contributed by atoms with Crippen molar-refractivity contribution in [2.24, 2.45) is 0 Å². The Kier molecular flexibility index (Phi) is 2.32. The fourth-order valence-corrected chi connectivity index (χ4v) is 1.10. The maximum atomic E-state index is 12.7. The van der Waals surface area contributed by atoms with Crippen LogP contribution in [0.5, 0.6) is 0 Å². The fourth-order valence-electron chi connectivity index (χ4n) is 1.10. The van der Waals surface area contributed by atoms with Crippen LogP contribution < -0.4 is 0 Å². The first-order valence-electron chi connectivity index (χ1n) is 3.91. The third kappa shape index (κ3) is 1.90. The Bertz CT molecular complexity index is 313. The minimum absolute atomic E-state index is 0.486. The molecule has 0 fully saturated rings. The zero-order valence-electron chi connectivity index (χ0n) is 6.81. The van der Waals surface area contributed by atoms with E-state index in [2.05, 4.69) is 4.65 Å². The van der Waals surface area contributed by atoms with Crippen LogP contribution in [-0.4, -0.2) is 14.0 Å². The monoisotopic (exact) mass is 177 g/mol. The van der Waals surface area contributed by atoms with Crippen molar-refractivity contribution < 1.29 is 13.7 Å². The molecule has 0 saturated heterocycles. The van der Waals surface area contributed by atoms with E-state index in [-0.39, 0.29) is 0 Å². The second-order valence-electron chi connectivity index (χ2n) is 2.60. The number of alkyl halides is 1. The van der Waals surface area contributed by atoms with Crippen molar-refractivity contribution in [1.29, 1.82) is 0 Å². The largest absolute Gasteiger partial charge is 0.574 e. The van der Waals surface area contributed by atoms with E-state index in [4.69, 9.17) is 4.65 Å². The van der Waals surface area contributed by atoms with Gasteiger partial charge in [-0.1, -0.05) is 30.3 Å². The minimum Gasteiger partial charge on any atom is -0.537 e. The van der Waals surface area contributed by atoms with Gasteiger partial charge in [0.2, 0.25) is 6.36 Å². The maximum Gasteiger partial charge on any atom is 0.574 e. The van der Waals surface area contributed by atoms with Crippen LogP contribution in [0.25, 0.3) is 5.76 Å². The highest BCUT2D eigenvalue weighted by Crippen LogP contribution is 2.20. The van der Waals surface area contributed by atoms with Crippen molar-refractivity contribution in [2.45, 2.75) is 6.36 Å². The number of hydrogen-bond acceptors (Lipinski definition) is 2. The lowest BCUT2D eigenvalue weighted by molar-refractivity contribution is 0.0889. The second kappa shape index (κ2) is 3.62. The number of hydrogen-bond donors (Lipinski definition) is 0. The van der Waals surface area contributed by atoms with Gasteiger partial charge in [0.15, 0.2) is 0 Å². The van der Waals surface area contributed by atoms with Crippen molar-refractivity contribution in [1.82, 2.24) is 0 Å². The summed E-state index contributed by atoms with van der Waals surface area (Å²) >= 11 is 0. The summed E-state index contributed by atoms with van der Waals surface area (Å²) in [5.41, 5.74) is 0.838. The van der Waals surface area contributed by atoms with E-state index in [1.165, 1.54) is 6.08 Å². The van der Waals surface area contributed by atoms with E-state index in [1.807, 2.05) is 30.3 Å². The standard InChI is InChI=1S/C9H7BFO2/c11-9-6-8(12-10-13-9)7-4-2-1-3-5-7/h1-6,9H. The van der Waals surface area contributed by atoms with Crippen LogP contribution in [0.15, 0.2) is 36.4 Å². The van der Waals surface area contributed by atoms with Crippen molar-refractivity contribution in [3.63, 3.8) is 0 Å². The molecule has 1 heterocycles. The van der Waals surface area contributed by atoms with Crippen molar-refractivity contribution in [2.75, 3.05) is 0 Å². The fraction of sp³-hybridized carbons (Fsp3) is 0.111. The SMILES string of the molecule is FC1C=C(c2ccccc2)O[B]O1. The summed E-state index contributed by atoms with van der Waals surface area (Å²) in [6.45, 7) is 0. The minimum atomic E-state index is -1.41. The third-order valence-corrected chi connectivity index (χ3v) is 1.70. The predicted octanol–water partition coefficient (Wildman–Crippen LogP) is 1.90. The van der Waals surface area contributed by atoms with Gasteiger partial charge in [-0.25, -0.2) is 4.39 Å². The Labute approximate surface area is 76.3 Å². The molecule has 1 radical (unpaired) electrons. The molecule has 0 N–H and O–H groups in total. The van der Waals surface area contributed by atoms with Crippen LogP contribution in [-0.2, 0) is 9.31 Å². The molecule has 1 aliphatic rings. The van der Waals surface area contributed by atoms with Crippen molar-refractivity contribution in [3.05, 3.63) is 42.0 Å². The van der Waals surface area contributed by atoms with Crippen LogP contribution in [0, 0.1) is 0 Å². The summed E-state index contributed by atoms with van der Waals surface area (Å²) in [4.78, 5) is 0. The van der Waals surface area contributed by atoms with Crippen LogP contribution in [0.4, 0.5) is 4.39 Å². The van der Waals surface area contributed by atoms with Gasteiger partial charge < -0.3 is 9.31 Å². The number of rotatable bonds is 1. The van der Waals surface area contributed by atoms with Gasteiger partial charge >= 0.3 is 7.69 Å². The molecule has 65 valence electrons. The quantitative estimate of drug-likeness (QED) is 0.609. The molecular weight excluding hydrogens is 170 g/mol. The molecule has 0 aromatic heterocycles. The summed E-state index contributed by atoms with van der Waals surface area (Å²) in [7, 11) is 1.01. The Morgan fingerprint density at radius 3 is 2.69 bits per heavy atom. The lowest BCUT2D eigenvalue weighted by Crippen LogP contribution is -2.17. The van der Waals surface area contributed by atoms with Gasteiger partial charge in [-0.15, -0.1) is 0 Å². The molecule has 1 aromatic carbocycles. The van der Waals surface area contributed by atoms with E-state index in [0.29, 0.717) is 5.76 Å². The van der Waals surface area contributed by atoms with Crippen molar-refractivity contribution >= 4 is 13.4 Å². The Hall–Kier alpha value is -1.29. The summed E-state index contributed by atoms with van der Waals surface area (Å²) in [5.74, 6) is 0.486. The summed E-state index contributed by atoms with van der Waals surface area (Å²) in [6, 6.07) is 9.31. The normalized spacial score (nSPS) is 21.3. The van der Waals surface area contributed by atoms with Crippen LogP contribution in [0.2, 0.25) is 0 Å². The van der Waals surface area contributed by atoms with E-state index < -0.39 is 6.36 Å². The lowest BCUT2D eigenvalue weighted by Gasteiger charge is -2.16.